The highest BCUT2D eigenvalue weighted by atomic mass is 16.4. The molecule has 1 unspecified atom stereocenters. The van der Waals surface area contributed by atoms with Crippen LogP contribution in [-0.2, 0) is 0 Å². The number of hydrogen-bond acceptors (Lipinski definition) is 2. The first kappa shape index (κ1) is 11.8. The second-order valence-electron chi connectivity index (χ2n) is 3.85. The van der Waals surface area contributed by atoms with Crippen molar-refractivity contribution in [2.24, 2.45) is 5.16 Å². The molecule has 2 heteroatoms. The van der Waals surface area contributed by atoms with Gasteiger partial charge in [-0.25, -0.2) is 0 Å². The first-order chi connectivity index (χ1) is 7.29. The fourth-order valence-corrected chi connectivity index (χ4v) is 1.78. The quantitative estimate of drug-likeness (QED) is 0.442. The summed E-state index contributed by atoms with van der Waals surface area (Å²) >= 11 is 0. The molecule has 0 fully saturated rings. The summed E-state index contributed by atoms with van der Waals surface area (Å²) in [7, 11) is 0. The van der Waals surface area contributed by atoms with Crippen molar-refractivity contribution in [3.05, 3.63) is 35.9 Å². The van der Waals surface area contributed by atoms with E-state index in [0.29, 0.717) is 0 Å². The van der Waals surface area contributed by atoms with Crippen LogP contribution in [0.2, 0.25) is 0 Å². The van der Waals surface area contributed by atoms with Gasteiger partial charge in [-0.1, -0.05) is 55.3 Å². The fraction of sp³-hybridized carbons (Fsp3) is 0.462. The Morgan fingerprint density at radius 2 is 2.00 bits per heavy atom. The highest BCUT2D eigenvalue weighted by Gasteiger charge is 2.14. The SMILES string of the molecule is CCCCC(/C(C)=N/O)c1ccccc1. The van der Waals surface area contributed by atoms with E-state index >= 15 is 0 Å². The highest BCUT2D eigenvalue weighted by molar-refractivity contribution is 5.88. The van der Waals surface area contributed by atoms with E-state index in [2.05, 4.69) is 24.2 Å². The normalized spacial score (nSPS) is 13.9. The molecule has 0 saturated heterocycles. The lowest BCUT2D eigenvalue weighted by molar-refractivity contribution is 0.316. The van der Waals surface area contributed by atoms with Crippen LogP contribution in [0.4, 0.5) is 0 Å². The van der Waals surface area contributed by atoms with Crippen LogP contribution in [-0.4, -0.2) is 10.9 Å². The molecule has 0 bridgehead atoms. The van der Waals surface area contributed by atoms with Gasteiger partial charge >= 0.3 is 0 Å². The van der Waals surface area contributed by atoms with Crippen LogP contribution in [0.25, 0.3) is 0 Å². The van der Waals surface area contributed by atoms with Gasteiger partial charge in [-0.2, -0.15) is 0 Å². The van der Waals surface area contributed by atoms with Crippen molar-refractivity contribution in [1.82, 2.24) is 0 Å². The van der Waals surface area contributed by atoms with E-state index in [1.54, 1.807) is 0 Å². The Kier molecular flexibility index (Phi) is 4.88. The van der Waals surface area contributed by atoms with Gasteiger partial charge in [-0.05, 0) is 18.9 Å². The smallest absolute Gasteiger partial charge is 0.0614 e. The van der Waals surface area contributed by atoms with Crippen LogP contribution in [0.15, 0.2) is 35.5 Å². The Morgan fingerprint density at radius 3 is 2.53 bits per heavy atom. The van der Waals surface area contributed by atoms with Gasteiger partial charge in [0.05, 0.1) is 5.71 Å². The Balaban J connectivity index is 2.81. The molecule has 0 amide bonds. The number of oxime groups is 1. The number of hydrogen-bond donors (Lipinski definition) is 1. The molecule has 82 valence electrons. The molecule has 0 aromatic heterocycles. The second kappa shape index (κ2) is 6.23. The Bertz CT molecular complexity index is 306. The molecule has 0 aliphatic heterocycles. The van der Waals surface area contributed by atoms with Gasteiger partial charge in [-0.3, -0.25) is 0 Å². The summed E-state index contributed by atoms with van der Waals surface area (Å²) in [4.78, 5) is 0. The number of benzene rings is 1. The number of rotatable bonds is 5. The lowest BCUT2D eigenvalue weighted by atomic mass is 9.90. The third-order valence-corrected chi connectivity index (χ3v) is 2.71. The monoisotopic (exact) mass is 205 g/mol. The second-order valence-corrected chi connectivity index (χ2v) is 3.85. The molecule has 0 spiro atoms. The molecule has 15 heavy (non-hydrogen) atoms. The molecule has 1 atom stereocenters. The Morgan fingerprint density at radius 1 is 1.33 bits per heavy atom. The summed E-state index contributed by atoms with van der Waals surface area (Å²) in [5.74, 6) is 0.260. The molecule has 0 saturated carbocycles. The molecule has 1 aromatic carbocycles. The highest BCUT2D eigenvalue weighted by Crippen LogP contribution is 2.23. The molecule has 1 rings (SSSR count). The summed E-state index contributed by atoms with van der Waals surface area (Å²) in [6, 6.07) is 10.2. The zero-order valence-corrected chi connectivity index (χ0v) is 9.48. The van der Waals surface area contributed by atoms with Crippen LogP contribution < -0.4 is 0 Å². The minimum atomic E-state index is 0.260. The largest absolute Gasteiger partial charge is 0.411 e. The lowest BCUT2D eigenvalue weighted by Crippen LogP contribution is -2.09. The predicted molar refractivity (Wildman–Crippen MR) is 63.6 cm³/mol. The first-order valence-corrected chi connectivity index (χ1v) is 5.53. The average Bonchev–Trinajstić information content (AvgIpc) is 2.30. The van der Waals surface area contributed by atoms with Crippen molar-refractivity contribution in [3.63, 3.8) is 0 Å². The van der Waals surface area contributed by atoms with E-state index in [0.717, 1.165) is 18.6 Å². The molecule has 0 radical (unpaired) electrons. The van der Waals surface area contributed by atoms with E-state index in [4.69, 9.17) is 5.21 Å². The van der Waals surface area contributed by atoms with Crippen molar-refractivity contribution in [2.45, 2.75) is 39.0 Å². The fourth-order valence-electron chi connectivity index (χ4n) is 1.78. The van der Waals surface area contributed by atoms with Crippen LogP contribution in [0.5, 0.6) is 0 Å². The Hall–Kier alpha value is -1.31. The maximum Gasteiger partial charge on any atom is 0.0614 e. The molecule has 0 aliphatic rings. The van der Waals surface area contributed by atoms with Gasteiger partial charge in [0.2, 0.25) is 0 Å². The third kappa shape index (κ3) is 3.39. The lowest BCUT2D eigenvalue weighted by Gasteiger charge is -2.15. The maximum absolute atomic E-state index is 8.85. The summed E-state index contributed by atoms with van der Waals surface area (Å²) in [5, 5.41) is 12.2. The van der Waals surface area contributed by atoms with E-state index < -0.39 is 0 Å². The van der Waals surface area contributed by atoms with Crippen LogP contribution in [0.3, 0.4) is 0 Å². The molecule has 1 aromatic rings. The zero-order valence-electron chi connectivity index (χ0n) is 9.48. The van der Waals surface area contributed by atoms with Gasteiger partial charge in [0.25, 0.3) is 0 Å². The predicted octanol–water partition coefficient (Wildman–Crippen LogP) is 3.81. The minimum Gasteiger partial charge on any atom is -0.411 e. The van der Waals surface area contributed by atoms with E-state index in [1.165, 1.54) is 12.0 Å². The molecular formula is C13H19NO. The summed E-state index contributed by atoms with van der Waals surface area (Å²) in [6.07, 6.45) is 3.38. The number of unbranched alkanes of at least 4 members (excludes halogenated alkanes) is 1. The zero-order chi connectivity index (χ0) is 11.1. The first-order valence-electron chi connectivity index (χ1n) is 5.53. The molecule has 2 nitrogen and oxygen atoms in total. The van der Waals surface area contributed by atoms with Crippen LogP contribution >= 0.6 is 0 Å². The van der Waals surface area contributed by atoms with E-state index in [9.17, 15) is 0 Å². The van der Waals surface area contributed by atoms with Gasteiger partial charge in [0.15, 0.2) is 0 Å². The molecule has 0 heterocycles. The number of nitrogens with zero attached hydrogens (tertiary/aromatic N) is 1. The Labute approximate surface area is 91.6 Å². The van der Waals surface area contributed by atoms with E-state index in [-0.39, 0.29) is 5.92 Å². The van der Waals surface area contributed by atoms with Gasteiger partial charge in [-0.15, -0.1) is 0 Å². The minimum absolute atomic E-state index is 0.260. The molecule has 1 N–H and O–H groups in total. The van der Waals surface area contributed by atoms with E-state index in [1.807, 2.05) is 25.1 Å². The summed E-state index contributed by atoms with van der Waals surface area (Å²) in [6.45, 7) is 4.06. The third-order valence-electron chi connectivity index (χ3n) is 2.71. The molecule has 0 aliphatic carbocycles. The summed E-state index contributed by atoms with van der Waals surface area (Å²) < 4.78 is 0. The van der Waals surface area contributed by atoms with Gasteiger partial charge < -0.3 is 5.21 Å². The van der Waals surface area contributed by atoms with Crippen molar-refractivity contribution >= 4 is 5.71 Å². The van der Waals surface area contributed by atoms with Crippen LogP contribution in [0.1, 0.15) is 44.6 Å². The standard InChI is InChI=1S/C13H19NO/c1-3-4-10-13(11(2)14-15)12-8-6-5-7-9-12/h5-9,13,15H,3-4,10H2,1-2H3/b14-11+. The van der Waals surface area contributed by atoms with Crippen molar-refractivity contribution < 1.29 is 5.21 Å². The topological polar surface area (TPSA) is 32.6 Å². The maximum atomic E-state index is 8.85. The van der Waals surface area contributed by atoms with Gasteiger partial charge in [0.1, 0.15) is 0 Å². The van der Waals surface area contributed by atoms with Crippen molar-refractivity contribution in [3.8, 4) is 0 Å². The summed E-state index contributed by atoms with van der Waals surface area (Å²) in [5.41, 5.74) is 2.04. The van der Waals surface area contributed by atoms with Gasteiger partial charge in [0, 0.05) is 5.92 Å². The molecular weight excluding hydrogens is 186 g/mol. The van der Waals surface area contributed by atoms with Crippen LogP contribution in [0, 0.1) is 0 Å². The van der Waals surface area contributed by atoms with Crippen molar-refractivity contribution in [1.29, 1.82) is 0 Å². The average molecular weight is 205 g/mol. The van der Waals surface area contributed by atoms with Crippen molar-refractivity contribution in [2.75, 3.05) is 0 Å².